The van der Waals surface area contributed by atoms with Gasteiger partial charge in [0.15, 0.2) is 0 Å². The molecule has 0 saturated carbocycles. The molecule has 5 rings (SSSR count). The van der Waals surface area contributed by atoms with E-state index in [-0.39, 0.29) is 17.5 Å². The number of hydrogen-bond donors (Lipinski definition) is 3. The van der Waals surface area contributed by atoms with E-state index >= 15 is 0 Å². The van der Waals surface area contributed by atoms with Gasteiger partial charge in [0.05, 0.1) is 11.9 Å². The van der Waals surface area contributed by atoms with E-state index in [9.17, 15) is 9.90 Å². The summed E-state index contributed by atoms with van der Waals surface area (Å²) in [7, 11) is 1.84. The molecule has 204 valence electrons. The number of halogens is 2. The Morgan fingerprint density at radius 2 is 1.95 bits per heavy atom. The predicted molar refractivity (Wildman–Crippen MR) is 155 cm³/mol. The van der Waals surface area contributed by atoms with Crippen LogP contribution in [0.15, 0.2) is 61.2 Å². The number of nitrogens with one attached hydrogen (secondary N) is 2. The van der Waals surface area contributed by atoms with Crippen LogP contribution in [0.2, 0.25) is 10.0 Å². The number of anilines is 4. The highest BCUT2D eigenvalue weighted by molar-refractivity contribution is 6.38. The Bertz CT molecular complexity index is 1630. The monoisotopic (exact) mass is 578 g/mol. The predicted octanol–water partition coefficient (Wildman–Crippen LogP) is 5.37. The van der Waals surface area contributed by atoms with Gasteiger partial charge in [0.1, 0.15) is 18.1 Å². The quantitative estimate of drug-likeness (QED) is 0.252. The molecule has 0 unspecified atom stereocenters. The van der Waals surface area contributed by atoms with E-state index in [1.54, 1.807) is 47.4 Å². The first-order valence-corrected chi connectivity index (χ1v) is 12.9. The molecule has 13 heteroatoms. The van der Waals surface area contributed by atoms with Crippen molar-refractivity contribution in [2.75, 3.05) is 29.2 Å². The molecule has 3 aromatic heterocycles. The molecule has 0 spiro atoms. The molecule has 1 aliphatic heterocycles. The van der Waals surface area contributed by atoms with Gasteiger partial charge in [0, 0.05) is 64.5 Å². The van der Waals surface area contributed by atoms with Gasteiger partial charge in [-0.05, 0) is 31.2 Å². The zero-order chi connectivity index (χ0) is 28.4. The first kappa shape index (κ1) is 27.1. The van der Waals surface area contributed by atoms with Crippen molar-refractivity contribution in [3.05, 3.63) is 82.4 Å². The molecule has 1 amide bonds. The Balaban J connectivity index is 1.44. The lowest BCUT2D eigenvalue weighted by Crippen LogP contribution is -2.23. The third kappa shape index (κ3) is 5.48. The number of aliphatic hydroxyl groups is 1. The number of carbonyl (C=O) groups is 1. The summed E-state index contributed by atoms with van der Waals surface area (Å²) in [5.74, 6) is 0.674. The average molecular weight is 579 g/mol. The Morgan fingerprint density at radius 1 is 1.18 bits per heavy atom. The second-order valence-electron chi connectivity index (χ2n) is 8.65. The summed E-state index contributed by atoms with van der Waals surface area (Å²) in [5, 5.41) is 20.2. The Morgan fingerprint density at radius 3 is 2.65 bits per heavy atom. The van der Waals surface area contributed by atoms with Crippen LogP contribution in [-0.4, -0.2) is 49.4 Å². The summed E-state index contributed by atoms with van der Waals surface area (Å²) < 4.78 is 7.46. The molecule has 1 aromatic carbocycles. The van der Waals surface area contributed by atoms with E-state index in [1.165, 1.54) is 6.20 Å². The number of pyridine rings is 1. The molecule has 0 aliphatic carbocycles. The highest BCUT2D eigenvalue weighted by atomic mass is 35.5. The largest absolute Gasteiger partial charge is 0.417 e. The molecule has 4 heterocycles. The molecule has 11 nitrogen and oxygen atoms in total. The van der Waals surface area contributed by atoms with Crippen LogP contribution in [0, 0.1) is 0 Å². The maximum atomic E-state index is 12.0. The third-order valence-corrected chi connectivity index (χ3v) is 6.66. The number of allylic oxidation sites excluding steroid dienone is 1. The second kappa shape index (κ2) is 11.3. The molecule has 0 saturated heterocycles. The van der Waals surface area contributed by atoms with Crippen molar-refractivity contribution < 1.29 is 14.6 Å². The summed E-state index contributed by atoms with van der Waals surface area (Å²) in [5.41, 5.74) is 3.55. The number of amides is 1. The van der Waals surface area contributed by atoms with Crippen LogP contribution < -0.4 is 20.3 Å². The van der Waals surface area contributed by atoms with Gasteiger partial charge < -0.3 is 25.4 Å². The van der Waals surface area contributed by atoms with Crippen LogP contribution in [0.25, 0.3) is 11.6 Å². The van der Waals surface area contributed by atoms with E-state index < -0.39 is 12.5 Å². The Labute approximate surface area is 239 Å². The maximum absolute atomic E-state index is 12.0. The summed E-state index contributed by atoms with van der Waals surface area (Å²) in [6, 6.07) is 8.60. The van der Waals surface area contributed by atoms with Crippen molar-refractivity contribution in [2.24, 2.45) is 0 Å². The topological polar surface area (TPSA) is 130 Å². The van der Waals surface area contributed by atoms with Crippen molar-refractivity contribution in [3.8, 4) is 11.8 Å². The van der Waals surface area contributed by atoms with Gasteiger partial charge in [-0.25, -0.2) is 9.97 Å². The zero-order valence-corrected chi connectivity index (χ0v) is 23.0. The lowest BCUT2D eigenvalue weighted by Gasteiger charge is -2.29. The second-order valence-corrected chi connectivity index (χ2v) is 9.47. The van der Waals surface area contributed by atoms with Crippen molar-refractivity contribution in [3.63, 3.8) is 0 Å². The number of carbonyl (C=O) groups excluding carboxylic acids is 1. The van der Waals surface area contributed by atoms with Crippen LogP contribution in [0.3, 0.4) is 0 Å². The summed E-state index contributed by atoms with van der Waals surface area (Å²) in [4.78, 5) is 27.2. The van der Waals surface area contributed by atoms with Gasteiger partial charge in [-0.15, -0.1) is 5.10 Å². The molecule has 40 heavy (non-hydrogen) atoms. The highest BCUT2D eigenvalue weighted by Gasteiger charge is 2.25. The standard InChI is InChI=1S/C27H24Cl2N8O3/c1-4-37-9-8-23(35-37)40-26-21(33-22(39)14-38)11-17(13-30-26)32-27-31-12-16-10-18(15(2)36(3)25(16)34-27)24-19(28)6-5-7-20(24)29/h5-13,38H,2,4,14H2,1,3H3,(H,33,39)(H,31,32,34). The minimum absolute atomic E-state index is 0.104. The number of rotatable bonds is 8. The maximum Gasteiger partial charge on any atom is 0.250 e. The first-order chi connectivity index (χ1) is 19.3. The van der Waals surface area contributed by atoms with E-state index in [2.05, 4.69) is 37.3 Å². The normalized spacial score (nSPS) is 12.6. The summed E-state index contributed by atoms with van der Waals surface area (Å²) in [6.07, 6.45) is 6.83. The number of aryl methyl sites for hydroxylation is 1. The summed E-state index contributed by atoms with van der Waals surface area (Å²) in [6.45, 7) is 6.12. The molecule has 3 N–H and O–H groups in total. The van der Waals surface area contributed by atoms with E-state index in [1.807, 2.05) is 24.9 Å². The number of aliphatic hydroxyl groups excluding tert-OH is 1. The molecule has 0 atom stereocenters. The fraction of sp³-hybridized carbons (Fsp3) is 0.148. The van der Waals surface area contributed by atoms with Crippen LogP contribution in [0.4, 0.5) is 23.1 Å². The van der Waals surface area contributed by atoms with Crippen LogP contribution in [0.5, 0.6) is 11.8 Å². The number of ether oxygens (including phenoxy) is 1. The molecule has 1 aliphatic rings. The smallest absolute Gasteiger partial charge is 0.250 e. The van der Waals surface area contributed by atoms with Gasteiger partial charge in [-0.3, -0.25) is 9.48 Å². The molecular weight excluding hydrogens is 555 g/mol. The average Bonchev–Trinajstić information content (AvgIpc) is 3.40. The van der Waals surface area contributed by atoms with Gasteiger partial charge in [0.2, 0.25) is 23.6 Å². The fourth-order valence-corrected chi connectivity index (χ4v) is 4.62. The van der Waals surface area contributed by atoms with Gasteiger partial charge in [0.25, 0.3) is 0 Å². The lowest BCUT2D eigenvalue weighted by molar-refractivity contribution is -0.118. The number of benzene rings is 1. The molecular formula is C27H24Cl2N8O3. The Kier molecular flexibility index (Phi) is 7.69. The van der Waals surface area contributed by atoms with Gasteiger partial charge in [-0.1, -0.05) is 35.8 Å². The van der Waals surface area contributed by atoms with E-state index in [0.717, 1.165) is 11.1 Å². The van der Waals surface area contributed by atoms with Crippen LogP contribution >= 0.6 is 23.2 Å². The van der Waals surface area contributed by atoms with Crippen molar-refractivity contribution in [1.29, 1.82) is 0 Å². The SMILES string of the molecule is C=C1C(c2c(Cl)cccc2Cl)=Cc2cnc(Nc3cnc(Oc4ccn(CC)n4)c(NC(=O)CO)c3)nc2N1C. The fourth-order valence-electron chi connectivity index (χ4n) is 4.01. The number of nitrogens with zero attached hydrogens (tertiary/aromatic N) is 6. The third-order valence-electron chi connectivity index (χ3n) is 6.03. The number of hydrogen-bond acceptors (Lipinski definition) is 9. The lowest BCUT2D eigenvalue weighted by atomic mass is 9.97. The molecule has 4 aromatic rings. The minimum Gasteiger partial charge on any atom is -0.417 e. The van der Waals surface area contributed by atoms with Gasteiger partial charge >= 0.3 is 0 Å². The van der Waals surface area contributed by atoms with Crippen molar-refractivity contribution >= 4 is 63.9 Å². The molecule has 0 radical (unpaired) electrons. The summed E-state index contributed by atoms with van der Waals surface area (Å²) >= 11 is 12.9. The van der Waals surface area contributed by atoms with Gasteiger partial charge in [-0.2, -0.15) is 4.98 Å². The highest BCUT2D eigenvalue weighted by Crippen LogP contribution is 2.42. The number of fused-ring (bicyclic) bond motifs is 1. The number of likely N-dealkylation sites (N-methyl/N-ethyl adjacent to an activating group) is 1. The Hall–Kier alpha value is -4.45. The molecule has 0 fully saturated rings. The van der Waals surface area contributed by atoms with E-state index in [0.29, 0.717) is 45.2 Å². The zero-order valence-electron chi connectivity index (χ0n) is 21.5. The first-order valence-electron chi connectivity index (χ1n) is 12.1. The van der Waals surface area contributed by atoms with Crippen LogP contribution in [0.1, 0.15) is 18.1 Å². The van der Waals surface area contributed by atoms with E-state index in [4.69, 9.17) is 27.9 Å². The van der Waals surface area contributed by atoms with Crippen LogP contribution in [-0.2, 0) is 11.3 Å². The van der Waals surface area contributed by atoms with Crippen molar-refractivity contribution in [2.45, 2.75) is 13.5 Å². The minimum atomic E-state index is -0.708. The molecule has 0 bridgehead atoms. The number of aromatic nitrogens is 5. The van der Waals surface area contributed by atoms with Crippen molar-refractivity contribution in [1.82, 2.24) is 24.7 Å².